The third-order valence-electron chi connectivity index (χ3n) is 2.76. The summed E-state index contributed by atoms with van der Waals surface area (Å²) < 4.78 is 5.31. The lowest BCUT2D eigenvalue weighted by atomic mass is 10.1. The van der Waals surface area contributed by atoms with Crippen LogP contribution in [0, 0.1) is 5.41 Å². The second-order valence-electron chi connectivity index (χ2n) is 4.17. The van der Waals surface area contributed by atoms with Gasteiger partial charge in [-0.05, 0) is 25.7 Å². The van der Waals surface area contributed by atoms with Gasteiger partial charge < -0.3 is 15.8 Å². The molecule has 1 fully saturated rings. The molecule has 0 bridgehead atoms. The quantitative estimate of drug-likeness (QED) is 0.493. The van der Waals surface area contributed by atoms with Gasteiger partial charge in [0, 0.05) is 19.8 Å². The minimum atomic E-state index is -0.528. The van der Waals surface area contributed by atoms with E-state index in [2.05, 4.69) is 12.2 Å². The average molecular weight is 244 g/mol. The topological polar surface area (TPSA) is 64.3 Å². The predicted octanol–water partition coefficient (Wildman–Crippen LogP) is 0.986. The molecule has 4 nitrogen and oxygen atoms in total. The molecule has 0 spiro atoms. The first kappa shape index (κ1) is 13.4. The zero-order chi connectivity index (χ0) is 12.0. The van der Waals surface area contributed by atoms with Gasteiger partial charge >= 0.3 is 0 Å². The van der Waals surface area contributed by atoms with E-state index in [4.69, 9.17) is 22.7 Å². The van der Waals surface area contributed by atoms with Crippen molar-refractivity contribution in [3.63, 3.8) is 0 Å². The van der Waals surface area contributed by atoms with Gasteiger partial charge in [-0.25, -0.2) is 0 Å². The van der Waals surface area contributed by atoms with Crippen LogP contribution in [-0.2, 0) is 9.53 Å². The molecule has 0 unspecified atom stereocenters. The highest BCUT2D eigenvalue weighted by Crippen LogP contribution is 2.46. The normalized spacial score (nSPS) is 16.8. The number of nitrogens with one attached hydrogen (secondary N) is 1. The van der Waals surface area contributed by atoms with E-state index in [0.717, 1.165) is 32.3 Å². The molecule has 0 atom stereocenters. The van der Waals surface area contributed by atoms with E-state index >= 15 is 0 Å². The Morgan fingerprint density at radius 1 is 1.50 bits per heavy atom. The Balaban J connectivity index is 2.10. The summed E-state index contributed by atoms with van der Waals surface area (Å²) in [4.78, 5) is 12.1. The van der Waals surface area contributed by atoms with Crippen molar-refractivity contribution in [2.24, 2.45) is 11.1 Å². The summed E-state index contributed by atoms with van der Waals surface area (Å²) in [6, 6.07) is 0. The largest absolute Gasteiger partial charge is 0.392 e. The highest BCUT2D eigenvalue weighted by Gasteiger charge is 2.52. The molecule has 0 aromatic rings. The summed E-state index contributed by atoms with van der Waals surface area (Å²) in [5.74, 6) is -0.0181. The number of carbonyl (C=O) groups is 1. The SMILES string of the molecule is CCCOCCCNC(=O)C1(C(N)=S)CC1. The van der Waals surface area contributed by atoms with Crippen molar-refractivity contribution in [2.45, 2.75) is 32.6 Å². The maximum atomic E-state index is 11.7. The van der Waals surface area contributed by atoms with Crippen LogP contribution in [0.15, 0.2) is 0 Å². The highest BCUT2D eigenvalue weighted by molar-refractivity contribution is 7.80. The lowest BCUT2D eigenvalue weighted by Crippen LogP contribution is -2.40. The lowest BCUT2D eigenvalue weighted by molar-refractivity contribution is -0.124. The number of hydrogen-bond donors (Lipinski definition) is 2. The minimum absolute atomic E-state index is 0.0181. The summed E-state index contributed by atoms with van der Waals surface area (Å²) >= 11 is 4.90. The summed E-state index contributed by atoms with van der Waals surface area (Å²) in [6.07, 6.45) is 3.44. The van der Waals surface area contributed by atoms with Crippen molar-refractivity contribution in [1.29, 1.82) is 0 Å². The Bertz CT molecular complexity index is 265. The minimum Gasteiger partial charge on any atom is -0.392 e. The molecule has 92 valence electrons. The van der Waals surface area contributed by atoms with Crippen LogP contribution in [0.25, 0.3) is 0 Å². The number of ether oxygens (including phenoxy) is 1. The third kappa shape index (κ3) is 3.42. The molecule has 3 N–H and O–H groups in total. The second kappa shape index (κ2) is 6.15. The maximum Gasteiger partial charge on any atom is 0.233 e. The molecular formula is C11H20N2O2S. The Morgan fingerprint density at radius 2 is 2.19 bits per heavy atom. The van der Waals surface area contributed by atoms with Gasteiger partial charge in [-0.1, -0.05) is 19.1 Å². The number of amides is 1. The molecule has 0 aromatic heterocycles. The maximum absolute atomic E-state index is 11.7. The summed E-state index contributed by atoms with van der Waals surface area (Å²) in [7, 11) is 0. The zero-order valence-corrected chi connectivity index (χ0v) is 10.6. The molecule has 0 radical (unpaired) electrons. The molecule has 1 aliphatic rings. The van der Waals surface area contributed by atoms with Crippen molar-refractivity contribution >= 4 is 23.1 Å². The first-order valence-corrected chi connectivity index (χ1v) is 6.20. The van der Waals surface area contributed by atoms with Gasteiger partial charge in [0.05, 0.1) is 10.4 Å². The van der Waals surface area contributed by atoms with E-state index in [-0.39, 0.29) is 5.91 Å². The fraction of sp³-hybridized carbons (Fsp3) is 0.818. The van der Waals surface area contributed by atoms with E-state index in [9.17, 15) is 4.79 Å². The van der Waals surface area contributed by atoms with Crippen LogP contribution in [0.3, 0.4) is 0 Å². The molecule has 0 heterocycles. The Labute approximate surface area is 102 Å². The van der Waals surface area contributed by atoms with Crippen LogP contribution < -0.4 is 11.1 Å². The van der Waals surface area contributed by atoms with Crippen molar-refractivity contribution < 1.29 is 9.53 Å². The summed E-state index contributed by atoms with van der Waals surface area (Å²) in [5.41, 5.74) is 5.02. The van der Waals surface area contributed by atoms with Gasteiger partial charge in [0.1, 0.15) is 0 Å². The molecule has 0 aromatic carbocycles. The molecule has 0 aliphatic heterocycles. The van der Waals surface area contributed by atoms with Crippen LogP contribution >= 0.6 is 12.2 Å². The summed E-state index contributed by atoms with van der Waals surface area (Å²) in [5, 5.41) is 2.86. The summed E-state index contributed by atoms with van der Waals surface area (Å²) in [6.45, 7) is 4.17. The number of rotatable bonds is 8. The lowest BCUT2D eigenvalue weighted by Gasteiger charge is -2.13. The molecule has 0 saturated heterocycles. The number of thiocarbonyl (C=S) groups is 1. The third-order valence-corrected chi connectivity index (χ3v) is 3.15. The Kier molecular flexibility index (Phi) is 5.15. The smallest absolute Gasteiger partial charge is 0.233 e. The van der Waals surface area contributed by atoms with Gasteiger partial charge in [0.2, 0.25) is 5.91 Å². The molecule has 5 heteroatoms. The second-order valence-corrected chi connectivity index (χ2v) is 4.61. The standard InChI is InChI=1S/C11H20N2O2S/c1-2-7-15-8-3-6-13-10(14)11(4-5-11)9(12)16/h2-8H2,1H3,(H2,12,16)(H,13,14). The van der Waals surface area contributed by atoms with E-state index in [1.165, 1.54) is 0 Å². The van der Waals surface area contributed by atoms with E-state index in [1.54, 1.807) is 0 Å². The van der Waals surface area contributed by atoms with Gasteiger partial charge in [0.25, 0.3) is 0 Å². The van der Waals surface area contributed by atoms with Crippen molar-refractivity contribution in [2.75, 3.05) is 19.8 Å². The van der Waals surface area contributed by atoms with E-state index < -0.39 is 5.41 Å². The molecular weight excluding hydrogens is 224 g/mol. The highest BCUT2D eigenvalue weighted by atomic mass is 32.1. The first-order valence-electron chi connectivity index (χ1n) is 5.79. The van der Waals surface area contributed by atoms with Gasteiger partial charge in [-0.2, -0.15) is 0 Å². The van der Waals surface area contributed by atoms with Gasteiger partial charge in [0.15, 0.2) is 0 Å². The van der Waals surface area contributed by atoms with Crippen LogP contribution in [0.5, 0.6) is 0 Å². The van der Waals surface area contributed by atoms with E-state index in [1.807, 2.05) is 0 Å². The van der Waals surface area contributed by atoms with Crippen molar-refractivity contribution in [1.82, 2.24) is 5.32 Å². The van der Waals surface area contributed by atoms with Crippen LogP contribution in [0.2, 0.25) is 0 Å². The number of nitrogens with two attached hydrogens (primary N) is 1. The van der Waals surface area contributed by atoms with Crippen LogP contribution in [0.1, 0.15) is 32.6 Å². The predicted molar refractivity (Wildman–Crippen MR) is 67.2 cm³/mol. The fourth-order valence-corrected chi connectivity index (χ4v) is 1.80. The molecule has 1 aliphatic carbocycles. The van der Waals surface area contributed by atoms with Gasteiger partial charge in [-0.15, -0.1) is 0 Å². The van der Waals surface area contributed by atoms with Gasteiger partial charge in [-0.3, -0.25) is 4.79 Å². The molecule has 1 amide bonds. The first-order chi connectivity index (χ1) is 7.63. The fourth-order valence-electron chi connectivity index (χ4n) is 1.50. The van der Waals surface area contributed by atoms with Crippen molar-refractivity contribution in [3.8, 4) is 0 Å². The van der Waals surface area contributed by atoms with Crippen molar-refractivity contribution in [3.05, 3.63) is 0 Å². The Morgan fingerprint density at radius 3 is 2.69 bits per heavy atom. The average Bonchev–Trinajstić information content (AvgIpc) is 3.03. The molecule has 16 heavy (non-hydrogen) atoms. The van der Waals surface area contributed by atoms with Crippen LogP contribution in [-0.4, -0.2) is 30.7 Å². The zero-order valence-electron chi connectivity index (χ0n) is 9.75. The molecule has 1 rings (SSSR count). The Hall–Kier alpha value is -0.680. The van der Waals surface area contributed by atoms with Crippen LogP contribution in [0.4, 0.5) is 0 Å². The van der Waals surface area contributed by atoms with E-state index in [0.29, 0.717) is 18.1 Å². The number of hydrogen-bond acceptors (Lipinski definition) is 3. The number of carbonyl (C=O) groups excluding carboxylic acids is 1. The molecule has 1 saturated carbocycles. The monoisotopic (exact) mass is 244 g/mol.